The molecule has 126 valence electrons. The number of rotatable bonds is 5. The lowest BCUT2D eigenvalue weighted by Crippen LogP contribution is -2.45. The normalized spacial score (nSPS) is 16.3. The first-order valence-electron chi connectivity index (χ1n) is 7.12. The van der Waals surface area contributed by atoms with E-state index in [2.05, 4.69) is 4.72 Å². The van der Waals surface area contributed by atoms with Crippen LogP contribution in [0.2, 0.25) is 0 Å². The lowest BCUT2D eigenvalue weighted by molar-refractivity contribution is -0.133. The molecule has 1 fully saturated rings. The van der Waals surface area contributed by atoms with Crippen molar-refractivity contribution in [3.63, 3.8) is 0 Å². The number of hydrogen-bond donors (Lipinski definition) is 2. The highest BCUT2D eigenvalue weighted by molar-refractivity contribution is 7.89. The van der Waals surface area contributed by atoms with Crippen LogP contribution in [0.15, 0.2) is 29.2 Å². The molecule has 0 saturated carbocycles. The standard InChI is InChI=1S/C14H18FN3O4S/c15-11-1-3-12(4-2-11)23(21,22)17-9-13(19)18-7-5-10(6-8-18)14(16)20/h1-4,10,17H,5-9H2,(H2,16,20). The molecule has 3 N–H and O–H groups in total. The molecule has 0 radical (unpaired) electrons. The smallest absolute Gasteiger partial charge is 0.241 e. The average Bonchev–Trinajstić information content (AvgIpc) is 2.53. The van der Waals surface area contributed by atoms with Crippen molar-refractivity contribution < 1.29 is 22.4 Å². The molecule has 0 atom stereocenters. The third-order valence-corrected chi connectivity index (χ3v) is 5.20. The number of nitrogens with zero attached hydrogens (tertiary/aromatic N) is 1. The van der Waals surface area contributed by atoms with E-state index in [1.54, 1.807) is 0 Å². The number of carbonyl (C=O) groups excluding carboxylic acids is 2. The van der Waals surface area contributed by atoms with Gasteiger partial charge in [0.15, 0.2) is 0 Å². The molecular weight excluding hydrogens is 325 g/mol. The Hall–Kier alpha value is -2.00. The third kappa shape index (κ3) is 4.49. The molecule has 1 aliphatic heterocycles. The number of piperidine rings is 1. The van der Waals surface area contributed by atoms with Crippen LogP contribution in [0.1, 0.15) is 12.8 Å². The van der Waals surface area contributed by atoms with Gasteiger partial charge in [0.2, 0.25) is 21.8 Å². The van der Waals surface area contributed by atoms with Crippen molar-refractivity contribution in [3.8, 4) is 0 Å². The Labute approximate surface area is 133 Å². The second-order valence-corrected chi connectivity index (χ2v) is 7.10. The predicted octanol–water partition coefficient (Wildman–Crippen LogP) is -0.172. The summed E-state index contributed by atoms with van der Waals surface area (Å²) in [7, 11) is -3.87. The van der Waals surface area contributed by atoms with Crippen molar-refractivity contribution >= 4 is 21.8 Å². The van der Waals surface area contributed by atoms with E-state index in [4.69, 9.17) is 5.73 Å². The first-order chi connectivity index (χ1) is 10.8. The number of carbonyl (C=O) groups is 2. The summed E-state index contributed by atoms with van der Waals surface area (Å²) >= 11 is 0. The zero-order valence-corrected chi connectivity index (χ0v) is 13.2. The minimum atomic E-state index is -3.87. The van der Waals surface area contributed by atoms with Crippen LogP contribution in [0.3, 0.4) is 0 Å². The largest absolute Gasteiger partial charge is 0.369 e. The van der Waals surface area contributed by atoms with E-state index < -0.39 is 15.8 Å². The molecule has 1 aromatic rings. The van der Waals surface area contributed by atoms with Gasteiger partial charge in [0.05, 0.1) is 11.4 Å². The van der Waals surface area contributed by atoms with E-state index >= 15 is 0 Å². The summed E-state index contributed by atoms with van der Waals surface area (Å²) in [5.74, 6) is -1.54. The lowest BCUT2D eigenvalue weighted by Gasteiger charge is -2.30. The van der Waals surface area contributed by atoms with Gasteiger partial charge in [-0.3, -0.25) is 9.59 Å². The van der Waals surface area contributed by atoms with E-state index in [1.807, 2.05) is 0 Å². The van der Waals surface area contributed by atoms with Crippen LogP contribution in [0, 0.1) is 11.7 Å². The highest BCUT2D eigenvalue weighted by Crippen LogP contribution is 2.16. The van der Waals surface area contributed by atoms with Crippen molar-refractivity contribution in [1.82, 2.24) is 9.62 Å². The maximum Gasteiger partial charge on any atom is 0.241 e. The van der Waals surface area contributed by atoms with Crippen LogP contribution < -0.4 is 10.5 Å². The monoisotopic (exact) mass is 343 g/mol. The molecule has 0 bridgehead atoms. The molecule has 0 aliphatic carbocycles. The average molecular weight is 343 g/mol. The van der Waals surface area contributed by atoms with Gasteiger partial charge in [-0.2, -0.15) is 0 Å². The molecule has 0 aromatic heterocycles. The minimum Gasteiger partial charge on any atom is -0.369 e. The summed E-state index contributed by atoms with van der Waals surface area (Å²) in [5, 5.41) is 0. The Morgan fingerprint density at radius 1 is 1.22 bits per heavy atom. The maximum atomic E-state index is 12.8. The number of primary amides is 1. The molecule has 7 nitrogen and oxygen atoms in total. The van der Waals surface area contributed by atoms with Crippen LogP contribution in [0.4, 0.5) is 4.39 Å². The third-order valence-electron chi connectivity index (χ3n) is 3.79. The summed E-state index contributed by atoms with van der Waals surface area (Å²) in [5.41, 5.74) is 5.22. The highest BCUT2D eigenvalue weighted by Gasteiger charge is 2.26. The fraction of sp³-hybridized carbons (Fsp3) is 0.429. The zero-order valence-electron chi connectivity index (χ0n) is 12.4. The van der Waals surface area contributed by atoms with E-state index in [9.17, 15) is 22.4 Å². The Morgan fingerprint density at radius 2 is 1.78 bits per heavy atom. The number of hydrogen-bond acceptors (Lipinski definition) is 4. The Bertz CT molecular complexity index is 682. The van der Waals surface area contributed by atoms with Gasteiger partial charge in [0, 0.05) is 19.0 Å². The minimum absolute atomic E-state index is 0.112. The van der Waals surface area contributed by atoms with Gasteiger partial charge >= 0.3 is 0 Å². The predicted molar refractivity (Wildman–Crippen MR) is 80.1 cm³/mol. The summed E-state index contributed by atoms with van der Waals surface area (Å²) in [6.45, 7) is 0.344. The summed E-state index contributed by atoms with van der Waals surface area (Å²) in [6.07, 6.45) is 0.956. The molecule has 2 amide bonds. The second-order valence-electron chi connectivity index (χ2n) is 5.34. The van der Waals surface area contributed by atoms with E-state index in [0.29, 0.717) is 25.9 Å². The number of sulfonamides is 1. The number of likely N-dealkylation sites (tertiary alicyclic amines) is 1. The molecule has 23 heavy (non-hydrogen) atoms. The van der Waals surface area contributed by atoms with Crippen LogP contribution in [0.25, 0.3) is 0 Å². The molecule has 1 aromatic carbocycles. The molecular formula is C14H18FN3O4S. The van der Waals surface area contributed by atoms with Crippen molar-refractivity contribution in [2.75, 3.05) is 19.6 Å². The molecule has 0 spiro atoms. The van der Waals surface area contributed by atoms with Crippen molar-refractivity contribution in [2.45, 2.75) is 17.7 Å². The Morgan fingerprint density at radius 3 is 2.30 bits per heavy atom. The summed E-state index contributed by atoms with van der Waals surface area (Å²) < 4.78 is 39.0. The van der Waals surface area contributed by atoms with Crippen LogP contribution in [-0.4, -0.2) is 44.8 Å². The molecule has 1 heterocycles. The SMILES string of the molecule is NC(=O)C1CCN(C(=O)CNS(=O)(=O)c2ccc(F)cc2)CC1. The van der Waals surface area contributed by atoms with E-state index in [1.165, 1.54) is 4.90 Å². The number of halogens is 1. The van der Waals surface area contributed by atoms with Gasteiger partial charge in [0.25, 0.3) is 0 Å². The summed E-state index contributed by atoms with van der Waals surface area (Å²) in [6, 6.07) is 4.32. The molecule has 0 unspecified atom stereocenters. The molecule has 2 rings (SSSR count). The number of amides is 2. The second kappa shape index (κ2) is 7.05. The zero-order chi connectivity index (χ0) is 17.0. The van der Waals surface area contributed by atoms with Crippen molar-refractivity contribution in [1.29, 1.82) is 0 Å². The van der Waals surface area contributed by atoms with Gasteiger partial charge < -0.3 is 10.6 Å². The van der Waals surface area contributed by atoms with E-state index in [0.717, 1.165) is 24.3 Å². The van der Waals surface area contributed by atoms with Gasteiger partial charge in [-0.25, -0.2) is 17.5 Å². The van der Waals surface area contributed by atoms with Gasteiger partial charge in [-0.15, -0.1) is 0 Å². The fourth-order valence-corrected chi connectivity index (χ4v) is 3.35. The van der Waals surface area contributed by atoms with Crippen LogP contribution in [-0.2, 0) is 19.6 Å². The number of benzene rings is 1. The highest BCUT2D eigenvalue weighted by atomic mass is 32.2. The number of nitrogens with two attached hydrogens (primary N) is 1. The van der Waals surface area contributed by atoms with Gasteiger partial charge in [0.1, 0.15) is 5.82 Å². The van der Waals surface area contributed by atoms with Crippen LogP contribution in [0.5, 0.6) is 0 Å². The Kier molecular flexibility index (Phi) is 5.32. The van der Waals surface area contributed by atoms with Crippen LogP contribution >= 0.6 is 0 Å². The van der Waals surface area contributed by atoms with Gasteiger partial charge in [-0.1, -0.05) is 0 Å². The quantitative estimate of drug-likeness (QED) is 0.773. The topological polar surface area (TPSA) is 110 Å². The van der Waals surface area contributed by atoms with Crippen molar-refractivity contribution in [3.05, 3.63) is 30.1 Å². The molecule has 1 aliphatic rings. The Balaban J connectivity index is 1.89. The first kappa shape index (κ1) is 17.4. The van der Waals surface area contributed by atoms with Crippen molar-refractivity contribution in [2.24, 2.45) is 11.7 Å². The fourth-order valence-electron chi connectivity index (χ4n) is 2.38. The first-order valence-corrected chi connectivity index (χ1v) is 8.60. The number of nitrogens with one attached hydrogen (secondary N) is 1. The maximum absolute atomic E-state index is 12.8. The molecule has 9 heteroatoms. The lowest BCUT2D eigenvalue weighted by atomic mass is 9.96. The van der Waals surface area contributed by atoms with Gasteiger partial charge in [-0.05, 0) is 37.1 Å². The molecule has 1 saturated heterocycles. The van der Waals surface area contributed by atoms with E-state index in [-0.39, 0.29) is 29.2 Å². The summed E-state index contributed by atoms with van der Waals surface area (Å²) in [4.78, 5) is 24.5.